The van der Waals surface area contributed by atoms with Crippen molar-refractivity contribution in [3.05, 3.63) is 74.8 Å². The van der Waals surface area contributed by atoms with E-state index in [1.54, 1.807) is 0 Å². The predicted octanol–water partition coefficient (Wildman–Crippen LogP) is 4.24. The van der Waals surface area contributed by atoms with Crippen LogP contribution in [-0.2, 0) is 12.8 Å². The number of hydrogen-bond acceptors (Lipinski definition) is 6. The van der Waals surface area contributed by atoms with Crippen LogP contribution >= 0.6 is 0 Å². The van der Waals surface area contributed by atoms with Crippen LogP contribution in [0, 0.1) is 19.8 Å². The molecule has 0 radical (unpaired) electrons. The van der Waals surface area contributed by atoms with Crippen molar-refractivity contribution in [2.75, 3.05) is 37.7 Å². The van der Waals surface area contributed by atoms with Crippen molar-refractivity contribution in [2.45, 2.75) is 46.5 Å². The molecule has 2 aromatic heterocycles. The highest BCUT2D eigenvalue weighted by atomic mass is 16.5. The van der Waals surface area contributed by atoms with Gasteiger partial charge < -0.3 is 19.9 Å². The van der Waals surface area contributed by atoms with Gasteiger partial charge in [-0.05, 0) is 80.5 Å². The number of fused-ring (bicyclic) bond motifs is 1. The number of aryl methyl sites for hydroxylation is 3. The van der Waals surface area contributed by atoms with Crippen LogP contribution in [0.25, 0.3) is 11.1 Å². The van der Waals surface area contributed by atoms with Gasteiger partial charge in [-0.3, -0.25) is 9.59 Å². The standard InChI is InChI=1S/C30H36N4O3/c1-19-4-5-22-15-24(27(35)8-7-25-20(2)14-21(3)33-30(25)36)16-26(29(22)37-18-19)23-6-9-28(32-17-23)34-12-10-31-11-13-34/h6,9,14-17,19,31H,4-5,7-8,10-13,18H2,1-3H3,(H,33,36). The number of ether oxygens (including phenoxy) is 1. The SMILES string of the molecule is Cc1cc(C)c(CCC(=O)c2cc3c(c(-c4ccc(N5CCNCC5)nc4)c2)OCC(C)CC3)c(=O)[nH]1. The number of nitrogens with one attached hydrogen (secondary N) is 2. The predicted molar refractivity (Wildman–Crippen MR) is 147 cm³/mol. The number of piperazine rings is 1. The van der Waals surface area contributed by atoms with E-state index in [2.05, 4.69) is 34.3 Å². The third-order valence-corrected chi connectivity index (χ3v) is 7.50. The molecule has 1 aromatic carbocycles. The summed E-state index contributed by atoms with van der Waals surface area (Å²) in [4.78, 5) is 35.8. The monoisotopic (exact) mass is 500 g/mol. The molecule has 1 atom stereocenters. The van der Waals surface area contributed by atoms with E-state index in [1.165, 1.54) is 0 Å². The Morgan fingerprint density at radius 2 is 1.97 bits per heavy atom. The molecule has 0 amide bonds. The molecule has 7 heteroatoms. The maximum Gasteiger partial charge on any atom is 0.251 e. The zero-order valence-electron chi connectivity index (χ0n) is 22.0. The number of rotatable bonds is 6. The van der Waals surface area contributed by atoms with E-state index in [0.29, 0.717) is 30.1 Å². The zero-order valence-corrected chi connectivity index (χ0v) is 22.0. The Labute approximate surface area is 218 Å². The number of benzene rings is 1. The van der Waals surface area contributed by atoms with Crippen LogP contribution in [0.4, 0.5) is 5.82 Å². The summed E-state index contributed by atoms with van der Waals surface area (Å²) >= 11 is 0. The molecule has 2 aliphatic heterocycles. The Morgan fingerprint density at radius 1 is 1.16 bits per heavy atom. The molecular weight excluding hydrogens is 464 g/mol. The number of aromatic nitrogens is 2. The number of nitrogens with zero attached hydrogens (tertiary/aromatic N) is 2. The highest BCUT2D eigenvalue weighted by molar-refractivity contribution is 5.98. The van der Waals surface area contributed by atoms with Crippen molar-refractivity contribution in [1.82, 2.24) is 15.3 Å². The summed E-state index contributed by atoms with van der Waals surface area (Å²) in [6.07, 6.45) is 4.48. The number of aromatic amines is 1. The molecule has 0 aliphatic carbocycles. The molecule has 4 heterocycles. The quantitative estimate of drug-likeness (QED) is 0.493. The fourth-order valence-corrected chi connectivity index (χ4v) is 5.33. The van der Waals surface area contributed by atoms with Crippen molar-refractivity contribution in [3.63, 3.8) is 0 Å². The lowest BCUT2D eigenvalue weighted by Crippen LogP contribution is -2.43. The van der Waals surface area contributed by atoms with Gasteiger partial charge in [0.1, 0.15) is 11.6 Å². The summed E-state index contributed by atoms with van der Waals surface area (Å²) in [5.41, 5.74) is 5.93. The van der Waals surface area contributed by atoms with Crippen LogP contribution in [0.1, 0.15) is 52.5 Å². The molecule has 7 nitrogen and oxygen atoms in total. The fraction of sp³-hybridized carbons (Fsp3) is 0.433. The van der Waals surface area contributed by atoms with Gasteiger partial charge in [-0.15, -0.1) is 0 Å². The van der Waals surface area contributed by atoms with Crippen LogP contribution in [0.3, 0.4) is 0 Å². The molecule has 1 saturated heterocycles. The van der Waals surface area contributed by atoms with Crippen LogP contribution in [-0.4, -0.2) is 48.5 Å². The molecule has 194 valence electrons. The fourth-order valence-electron chi connectivity index (χ4n) is 5.33. The minimum Gasteiger partial charge on any atom is -0.492 e. The lowest BCUT2D eigenvalue weighted by atomic mass is 9.92. The summed E-state index contributed by atoms with van der Waals surface area (Å²) in [7, 11) is 0. The number of anilines is 1. The first-order valence-corrected chi connectivity index (χ1v) is 13.3. The van der Waals surface area contributed by atoms with Gasteiger partial charge in [0.15, 0.2) is 5.78 Å². The van der Waals surface area contributed by atoms with Crippen molar-refractivity contribution in [2.24, 2.45) is 5.92 Å². The first kappa shape index (κ1) is 25.2. The minimum absolute atomic E-state index is 0.0334. The van der Waals surface area contributed by atoms with Gasteiger partial charge in [0, 0.05) is 66.7 Å². The number of pyridine rings is 2. The summed E-state index contributed by atoms with van der Waals surface area (Å²) < 4.78 is 6.30. The summed E-state index contributed by atoms with van der Waals surface area (Å²) in [6.45, 7) is 10.5. The van der Waals surface area contributed by atoms with Gasteiger partial charge in [0.2, 0.25) is 0 Å². The summed E-state index contributed by atoms with van der Waals surface area (Å²) in [6, 6.07) is 10.0. The number of H-pyrrole nitrogens is 1. The lowest BCUT2D eigenvalue weighted by molar-refractivity contribution is 0.0982. The first-order chi connectivity index (χ1) is 17.9. The molecule has 37 heavy (non-hydrogen) atoms. The van der Waals surface area contributed by atoms with Gasteiger partial charge in [0.05, 0.1) is 6.61 Å². The van der Waals surface area contributed by atoms with Gasteiger partial charge in [-0.25, -0.2) is 4.98 Å². The van der Waals surface area contributed by atoms with Gasteiger partial charge in [0.25, 0.3) is 5.56 Å². The number of ketones is 1. The Balaban J connectivity index is 1.45. The van der Waals surface area contributed by atoms with Crippen molar-refractivity contribution >= 4 is 11.6 Å². The number of Topliss-reactive ketones (excluding diaryl/α,β-unsaturated/α-hetero) is 1. The van der Waals surface area contributed by atoms with Crippen molar-refractivity contribution in [1.29, 1.82) is 0 Å². The second-order valence-electron chi connectivity index (χ2n) is 10.5. The Morgan fingerprint density at radius 3 is 2.70 bits per heavy atom. The Bertz CT molecular complexity index is 1340. The maximum atomic E-state index is 13.4. The number of carbonyl (C=O) groups excluding carboxylic acids is 1. The molecule has 3 aromatic rings. The molecule has 0 saturated carbocycles. The molecule has 5 rings (SSSR count). The smallest absolute Gasteiger partial charge is 0.251 e. The molecule has 1 fully saturated rings. The van der Waals surface area contributed by atoms with Crippen LogP contribution in [0.5, 0.6) is 5.75 Å². The highest BCUT2D eigenvalue weighted by Crippen LogP contribution is 2.38. The Kier molecular flexibility index (Phi) is 7.42. The van der Waals surface area contributed by atoms with Gasteiger partial charge in [-0.1, -0.05) is 6.92 Å². The normalized spacial score (nSPS) is 17.6. The zero-order chi connectivity index (χ0) is 25.9. The molecule has 2 aliphatic rings. The number of carbonyl (C=O) groups is 1. The van der Waals surface area contributed by atoms with Crippen LogP contribution < -0.4 is 20.5 Å². The van der Waals surface area contributed by atoms with Crippen molar-refractivity contribution < 1.29 is 9.53 Å². The lowest BCUT2D eigenvalue weighted by Gasteiger charge is -2.28. The topological polar surface area (TPSA) is 87.3 Å². The summed E-state index contributed by atoms with van der Waals surface area (Å²) in [5, 5.41) is 3.37. The highest BCUT2D eigenvalue weighted by Gasteiger charge is 2.22. The average molecular weight is 501 g/mol. The average Bonchev–Trinajstić information content (AvgIpc) is 3.09. The molecule has 1 unspecified atom stereocenters. The molecular formula is C30H36N4O3. The van der Waals surface area contributed by atoms with E-state index in [9.17, 15) is 9.59 Å². The second kappa shape index (κ2) is 10.9. The van der Waals surface area contributed by atoms with Gasteiger partial charge >= 0.3 is 0 Å². The van der Waals surface area contributed by atoms with Crippen LogP contribution in [0.15, 0.2) is 41.3 Å². The van der Waals surface area contributed by atoms with E-state index in [-0.39, 0.29) is 17.8 Å². The first-order valence-electron chi connectivity index (χ1n) is 13.3. The van der Waals surface area contributed by atoms with E-state index < -0.39 is 0 Å². The molecule has 2 N–H and O–H groups in total. The third-order valence-electron chi connectivity index (χ3n) is 7.50. The van der Waals surface area contributed by atoms with E-state index in [4.69, 9.17) is 9.72 Å². The Hall–Kier alpha value is -3.45. The van der Waals surface area contributed by atoms with Crippen LogP contribution in [0.2, 0.25) is 0 Å². The second-order valence-corrected chi connectivity index (χ2v) is 10.5. The summed E-state index contributed by atoms with van der Waals surface area (Å²) in [5.74, 6) is 2.32. The molecule has 0 bridgehead atoms. The number of hydrogen-bond donors (Lipinski definition) is 2. The van der Waals surface area contributed by atoms with Crippen molar-refractivity contribution in [3.8, 4) is 16.9 Å². The third kappa shape index (κ3) is 5.62. The van der Waals surface area contributed by atoms with E-state index in [0.717, 1.165) is 78.5 Å². The minimum atomic E-state index is -0.106. The largest absolute Gasteiger partial charge is 0.492 e. The maximum absolute atomic E-state index is 13.4. The van der Waals surface area contributed by atoms with E-state index in [1.807, 2.05) is 38.2 Å². The van der Waals surface area contributed by atoms with E-state index >= 15 is 0 Å². The molecule has 0 spiro atoms. The van der Waals surface area contributed by atoms with Gasteiger partial charge in [-0.2, -0.15) is 0 Å².